The van der Waals surface area contributed by atoms with Crippen molar-refractivity contribution in [3.05, 3.63) is 77.2 Å². The molecule has 2 aliphatic rings. The van der Waals surface area contributed by atoms with Gasteiger partial charge in [-0.3, -0.25) is 14.3 Å². The van der Waals surface area contributed by atoms with Crippen LogP contribution in [0.25, 0.3) is 22.0 Å². The Hall–Kier alpha value is -4.28. The quantitative estimate of drug-likeness (QED) is 0.206. The molecule has 2 N–H and O–H groups in total. The normalized spacial score (nSPS) is 16.3. The van der Waals surface area contributed by atoms with Gasteiger partial charge in [0.2, 0.25) is 5.78 Å². The van der Waals surface area contributed by atoms with Crippen LogP contribution in [0.15, 0.2) is 54.6 Å². The third-order valence-corrected chi connectivity index (χ3v) is 8.38. The summed E-state index contributed by atoms with van der Waals surface area (Å²) in [5, 5.41) is 19.8. The summed E-state index contributed by atoms with van der Waals surface area (Å²) in [4.78, 5) is 28.6. The number of Topliss-reactive ketones (excluding diaryl/α,β-unsaturated/α-hetero) is 1. The fourth-order valence-corrected chi connectivity index (χ4v) is 6.05. The highest BCUT2D eigenvalue weighted by molar-refractivity contribution is 6.42. The first-order valence-electron chi connectivity index (χ1n) is 15.1. The van der Waals surface area contributed by atoms with E-state index in [1.54, 1.807) is 12.1 Å². The number of likely N-dealkylation sites (tertiary alicyclic amines) is 1. The molecule has 10 heteroatoms. The number of hydrogen-bond acceptors (Lipinski definition) is 7. The van der Waals surface area contributed by atoms with Crippen LogP contribution < -0.4 is 14.8 Å². The van der Waals surface area contributed by atoms with E-state index < -0.39 is 29.7 Å². The van der Waals surface area contributed by atoms with Crippen LogP contribution in [-0.4, -0.2) is 70.4 Å². The molecule has 3 heterocycles. The van der Waals surface area contributed by atoms with Crippen LogP contribution in [0.1, 0.15) is 60.5 Å². The molecule has 1 saturated heterocycles. The highest BCUT2D eigenvalue weighted by atomic mass is 19.1. The summed E-state index contributed by atoms with van der Waals surface area (Å²) < 4.78 is 27.7. The maximum absolute atomic E-state index is 14.8. The average molecular weight is 601 g/mol. The molecule has 4 aromatic rings. The number of nitrogens with zero attached hydrogens (tertiary/aromatic N) is 3. The van der Waals surface area contributed by atoms with Gasteiger partial charge in [0.1, 0.15) is 19.3 Å². The lowest BCUT2D eigenvalue weighted by atomic mass is 9.99. The molecule has 0 radical (unpaired) electrons. The van der Waals surface area contributed by atoms with Gasteiger partial charge < -0.3 is 24.8 Å². The minimum absolute atomic E-state index is 0.00605. The third kappa shape index (κ3) is 5.92. The molecule has 0 bridgehead atoms. The first-order valence-corrected chi connectivity index (χ1v) is 15.1. The van der Waals surface area contributed by atoms with Gasteiger partial charge in [-0.1, -0.05) is 36.4 Å². The van der Waals surface area contributed by atoms with Gasteiger partial charge in [-0.05, 0) is 81.6 Å². The number of rotatable bonds is 9. The van der Waals surface area contributed by atoms with E-state index in [4.69, 9.17) is 9.47 Å². The van der Waals surface area contributed by atoms with E-state index in [9.17, 15) is 19.1 Å². The van der Waals surface area contributed by atoms with Gasteiger partial charge in [-0.15, -0.1) is 0 Å². The van der Waals surface area contributed by atoms with Crippen LogP contribution in [-0.2, 0) is 4.79 Å². The van der Waals surface area contributed by atoms with Crippen LogP contribution in [0.2, 0.25) is 0 Å². The molecule has 9 nitrogen and oxygen atoms in total. The number of aliphatic hydroxyl groups is 1. The van der Waals surface area contributed by atoms with Gasteiger partial charge in [-0.25, -0.2) is 4.39 Å². The summed E-state index contributed by atoms with van der Waals surface area (Å²) >= 11 is 0. The summed E-state index contributed by atoms with van der Waals surface area (Å²) in [5.41, 5.74) is 4.35. The second-order valence-electron chi connectivity index (χ2n) is 11.8. The Bertz CT molecular complexity index is 1690. The summed E-state index contributed by atoms with van der Waals surface area (Å²) in [6.07, 6.45) is 0.734. The predicted molar refractivity (Wildman–Crippen MR) is 165 cm³/mol. The number of aliphatic hydroxyl groups excluding tert-OH is 1. The smallest absolute Gasteiger partial charge is 0.292 e. The SMILES string of the molecule is Cc1nn(C(C)C)c2cc(-c3ccc(C(=O)C(=O)N[C@H](CN4CCCC4)[C@H](O)c4cc(F)c5c(c4)OCCO5)cc3)ccc12. The number of hydrogen-bond donors (Lipinski definition) is 2. The molecule has 1 aromatic heterocycles. The lowest BCUT2D eigenvalue weighted by Crippen LogP contribution is -2.48. The summed E-state index contributed by atoms with van der Waals surface area (Å²) in [5.74, 6) is -1.99. The van der Waals surface area contributed by atoms with Gasteiger partial charge in [0.05, 0.1) is 17.3 Å². The van der Waals surface area contributed by atoms with Gasteiger partial charge in [0.25, 0.3) is 5.91 Å². The topological polar surface area (TPSA) is 106 Å². The van der Waals surface area contributed by atoms with Crippen molar-refractivity contribution in [2.24, 2.45) is 0 Å². The monoisotopic (exact) mass is 600 g/mol. The van der Waals surface area contributed by atoms with E-state index in [0.29, 0.717) is 6.54 Å². The molecule has 1 fully saturated rings. The lowest BCUT2D eigenvalue weighted by molar-refractivity contribution is -0.118. The number of halogens is 1. The van der Waals surface area contributed by atoms with E-state index in [2.05, 4.69) is 41.3 Å². The largest absolute Gasteiger partial charge is 0.486 e. The molecule has 0 aliphatic carbocycles. The van der Waals surface area contributed by atoms with Gasteiger partial charge >= 0.3 is 0 Å². The molecule has 0 unspecified atom stereocenters. The summed E-state index contributed by atoms with van der Waals surface area (Å²) in [6.45, 7) is 8.62. The van der Waals surface area contributed by atoms with Crippen molar-refractivity contribution in [2.75, 3.05) is 32.8 Å². The Balaban J connectivity index is 1.20. The number of fused-ring (bicyclic) bond motifs is 2. The minimum atomic E-state index is -1.28. The molecule has 0 saturated carbocycles. The van der Waals surface area contributed by atoms with Gasteiger partial charge in [-0.2, -0.15) is 5.10 Å². The maximum Gasteiger partial charge on any atom is 0.292 e. The van der Waals surface area contributed by atoms with Crippen molar-refractivity contribution in [3.8, 4) is 22.6 Å². The molecular formula is C34H37FN4O5. The number of amides is 1. The Morgan fingerprint density at radius 2 is 1.70 bits per heavy atom. The Morgan fingerprint density at radius 1 is 1.00 bits per heavy atom. The maximum atomic E-state index is 14.8. The second kappa shape index (κ2) is 12.4. The van der Waals surface area contributed by atoms with Crippen LogP contribution >= 0.6 is 0 Å². The first-order chi connectivity index (χ1) is 21.2. The fraction of sp³-hybridized carbons (Fsp3) is 0.382. The van der Waals surface area contributed by atoms with Crippen molar-refractivity contribution in [1.82, 2.24) is 20.0 Å². The zero-order valence-corrected chi connectivity index (χ0v) is 25.2. The molecule has 6 rings (SSSR count). The standard InChI is InChI=1S/C34H37FN4O5/c1-20(2)39-29-17-24(10-11-26(29)21(3)37-39)22-6-8-23(9-7-22)32(41)34(42)36-28(19-38-12-4-5-13-38)31(40)25-16-27(35)33-30(18-25)43-14-15-44-33/h6-11,16-18,20,28,31,40H,4-5,12-15,19H2,1-3H3,(H,36,42)/t28-,31-/m1/s1. The van der Waals surface area contributed by atoms with Crippen LogP contribution in [0, 0.1) is 12.7 Å². The number of ether oxygens (including phenoxy) is 2. The highest BCUT2D eigenvalue weighted by Crippen LogP contribution is 2.36. The molecule has 2 atom stereocenters. The number of carbonyl (C=O) groups is 2. The van der Waals surface area contributed by atoms with E-state index in [1.807, 2.05) is 29.8 Å². The van der Waals surface area contributed by atoms with Crippen LogP contribution in [0.5, 0.6) is 11.5 Å². The number of aromatic nitrogens is 2. The van der Waals surface area contributed by atoms with E-state index in [0.717, 1.165) is 53.7 Å². The third-order valence-electron chi connectivity index (χ3n) is 8.38. The van der Waals surface area contributed by atoms with Gasteiger partial charge in [0, 0.05) is 23.5 Å². The minimum Gasteiger partial charge on any atom is -0.486 e. The molecule has 44 heavy (non-hydrogen) atoms. The zero-order chi connectivity index (χ0) is 31.0. The summed E-state index contributed by atoms with van der Waals surface area (Å²) in [6, 6.07) is 15.1. The Kier molecular flexibility index (Phi) is 8.38. The number of benzene rings is 3. The number of nitrogens with one attached hydrogen (secondary N) is 1. The van der Waals surface area contributed by atoms with Gasteiger partial charge in [0.15, 0.2) is 17.3 Å². The average Bonchev–Trinajstić information content (AvgIpc) is 3.67. The van der Waals surface area contributed by atoms with E-state index >= 15 is 0 Å². The summed E-state index contributed by atoms with van der Waals surface area (Å²) in [7, 11) is 0. The number of aryl methyl sites for hydroxylation is 1. The second-order valence-corrected chi connectivity index (χ2v) is 11.8. The van der Waals surface area contributed by atoms with Crippen LogP contribution in [0.3, 0.4) is 0 Å². The number of ketones is 1. The van der Waals surface area contributed by atoms with Crippen molar-refractivity contribution in [3.63, 3.8) is 0 Å². The molecule has 3 aromatic carbocycles. The fourth-order valence-electron chi connectivity index (χ4n) is 6.05. The molecule has 2 aliphatic heterocycles. The zero-order valence-electron chi connectivity index (χ0n) is 25.2. The van der Waals surface area contributed by atoms with Crippen molar-refractivity contribution >= 4 is 22.6 Å². The Labute approximate surface area is 255 Å². The lowest BCUT2D eigenvalue weighted by Gasteiger charge is -2.29. The molecule has 0 spiro atoms. The van der Waals surface area contributed by atoms with Crippen molar-refractivity contribution < 1.29 is 28.6 Å². The molecule has 1 amide bonds. The first kappa shape index (κ1) is 29.8. The van der Waals surface area contributed by atoms with Crippen molar-refractivity contribution in [2.45, 2.75) is 51.8 Å². The van der Waals surface area contributed by atoms with Crippen LogP contribution in [0.4, 0.5) is 4.39 Å². The Morgan fingerprint density at radius 3 is 2.43 bits per heavy atom. The number of carbonyl (C=O) groups excluding carboxylic acids is 2. The molecular weight excluding hydrogens is 563 g/mol. The van der Waals surface area contributed by atoms with E-state index in [1.165, 1.54) is 12.1 Å². The van der Waals surface area contributed by atoms with E-state index in [-0.39, 0.29) is 41.9 Å². The predicted octanol–water partition coefficient (Wildman–Crippen LogP) is 5.00. The van der Waals surface area contributed by atoms with Crippen molar-refractivity contribution in [1.29, 1.82) is 0 Å². The highest BCUT2D eigenvalue weighted by Gasteiger charge is 2.31. The molecule has 230 valence electrons.